The average Bonchev–Trinajstić information content (AvgIpc) is 3.03. The number of rotatable bonds is 2. The van der Waals surface area contributed by atoms with Gasteiger partial charge in [-0.15, -0.1) is 0 Å². The van der Waals surface area contributed by atoms with Crippen LogP contribution in [0.25, 0.3) is 0 Å². The number of likely N-dealkylation sites (tertiary alicyclic amines) is 1. The van der Waals surface area contributed by atoms with Gasteiger partial charge in [-0.05, 0) is 30.2 Å². The van der Waals surface area contributed by atoms with Gasteiger partial charge in [0.25, 0.3) is 5.91 Å². The number of hydrogen-bond donors (Lipinski definition) is 2. The predicted molar refractivity (Wildman–Crippen MR) is 81.6 cm³/mol. The van der Waals surface area contributed by atoms with E-state index < -0.39 is 6.10 Å². The van der Waals surface area contributed by atoms with Gasteiger partial charge in [-0.3, -0.25) is 4.79 Å². The number of β-amino-alcohol motifs (C(OH)–C–C–N with tert-alkyl or cyclic N) is 1. The lowest BCUT2D eigenvalue weighted by atomic mass is 10.0. The lowest BCUT2D eigenvalue weighted by molar-refractivity contribution is 0.0710. The van der Waals surface area contributed by atoms with E-state index in [9.17, 15) is 14.3 Å². The molecule has 1 aromatic carbocycles. The van der Waals surface area contributed by atoms with Gasteiger partial charge in [0.2, 0.25) is 0 Å². The van der Waals surface area contributed by atoms with E-state index in [-0.39, 0.29) is 40.2 Å². The summed E-state index contributed by atoms with van der Waals surface area (Å²) >= 11 is 11.7. The fourth-order valence-corrected chi connectivity index (χ4v) is 3.03. The highest BCUT2D eigenvalue weighted by molar-refractivity contribution is 6.41. The summed E-state index contributed by atoms with van der Waals surface area (Å²) in [5, 5.41) is 10.4. The van der Waals surface area contributed by atoms with Crippen LogP contribution in [-0.4, -0.2) is 33.5 Å². The van der Waals surface area contributed by atoms with Crippen molar-refractivity contribution in [3.63, 3.8) is 0 Å². The van der Waals surface area contributed by atoms with Crippen LogP contribution in [0, 0.1) is 5.82 Å². The molecule has 1 aliphatic heterocycles. The minimum atomic E-state index is -0.625. The molecule has 2 N–H and O–H groups in total. The van der Waals surface area contributed by atoms with Gasteiger partial charge in [0, 0.05) is 6.54 Å². The van der Waals surface area contributed by atoms with Crippen molar-refractivity contribution in [2.75, 3.05) is 6.54 Å². The van der Waals surface area contributed by atoms with E-state index >= 15 is 0 Å². The number of carbonyl (C=O) groups excluding carboxylic acids is 1. The molecular formula is C15H13Cl2FN2O2. The molecule has 1 fully saturated rings. The zero-order chi connectivity index (χ0) is 15.9. The first-order chi connectivity index (χ1) is 10.5. The molecule has 0 saturated carbocycles. The third-order valence-corrected chi connectivity index (χ3v) is 4.44. The highest BCUT2D eigenvalue weighted by Crippen LogP contribution is 2.34. The Bertz CT molecular complexity index is 683. The Morgan fingerprint density at radius 2 is 2.00 bits per heavy atom. The second-order valence-corrected chi connectivity index (χ2v) is 6.04. The topological polar surface area (TPSA) is 56.3 Å². The molecule has 1 amide bonds. The number of carbonyl (C=O) groups is 1. The molecule has 7 heteroatoms. The number of halogens is 3. The summed E-state index contributed by atoms with van der Waals surface area (Å²) in [7, 11) is 0. The fourth-order valence-electron chi connectivity index (χ4n) is 2.71. The third-order valence-electron chi connectivity index (χ3n) is 3.75. The van der Waals surface area contributed by atoms with Crippen molar-refractivity contribution in [1.82, 2.24) is 9.88 Å². The van der Waals surface area contributed by atoms with Crippen LogP contribution in [0.2, 0.25) is 10.2 Å². The standard InChI is InChI=1S/C15H13Cl2FN2O2/c16-11-6-12(19-14(11)17)15(22)20-7-10(21)5-13(20)8-1-3-9(18)4-2-8/h1-4,6,10,13,19,21H,5,7H2/t10-,13+/m1/s1. The van der Waals surface area contributed by atoms with Crippen LogP contribution in [0.4, 0.5) is 4.39 Å². The largest absolute Gasteiger partial charge is 0.391 e. The van der Waals surface area contributed by atoms with Gasteiger partial charge in [-0.2, -0.15) is 0 Å². The van der Waals surface area contributed by atoms with Gasteiger partial charge < -0.3 is 15.0 Å². The number of aliphatic hydroxyl groups excluding tert-OH is 1. The van der Waals surface area contributed by atoms with Crippen molar-refractivity contribution in [2.24, 2.45) is 0 Å². The maximum atomic E-state index is 13.1. The summed E-state index contributed by atoms with van der Waals surface area (Å²) < 4.78 is 13.1. The number of H-pyrrole nitrogens is 1. The van der Waals surface area contributed by atoms with Crippen LogP contribution in [0.1, 0.15) is 28.5 Å². The molecule has 1 aromatic heterocycles. The van der Waals surface area contributed by atoms with Crippen LogP contribution in [0.5, 0.6) is 0 Å². The summed E-state index contributed by atoms with van der Waals surface area (Å²) in [5.74, 6) is -0.650. The molecule has 2 heterocycles. The van der Waals surface area contributed by atoms with E-state index in [0.29, 0.717) is 6.42 Å². The fraction of sp³-hybridized carbons (Fsp3) is 0.267. The van der Waals surface area contributed by atoms with E-state index in [1.54, 1.807) is 12.1 Å². The van der Waals surface area contributed by atoms with E-state index in [2.05, 4.69) is 4.98 Å². The maximum absolute atomic E-state index is 13.1. The van der Waals surface area contributed by atoms with Crippen LogP contribution >= 0.6 is 23.2 Å². The quantitative estimate of drug-likeness (QED) is 0.878. The number of amides is 1. The number of hydrogen-bond acceptors (Lipinski definition) is 2. The first kappa shape index (κ1) is 15.3. The van der Waals surface area contributed by atoms with Gasteiger partial charge in [-0.25, -0.2) is 4.39 Å². The van der Waals surface area contributed by atoms with E-state index in [1.165, 1.54) is 23.1 Å². The molecule has 0 aliphatic carbocycles. The van der Waals surface area contributed by atoms with Crippen LogP contribution < -0.4 is 0 Å². The molecule has 0 spiro atoms. The number of aliphatic hydroxyl groups is 1. The van der Waals surface area contributed by atoms with Crippen molar-refractivity contribution >= 4 is 29.1 Å². The van der Waals surface area contributed by atoms with Crippen molar-refractivity contribution in [3.05, 3.63) is 57.6 Å². The summed E-state index contributed by atoms with van der Waals surface area (Å²) in [4.78, 5) is 16.9. The van der Waals surface area contributed by atoms with Gasteiger partial charge in [-0.1, -0.05) is 35.3 Å². The van der Waals surface area contributed by atoms with Crippen molar-refractivity contribution in [3.8, 4) is 0 Å². The molecule has 4 nitrogen and oxygen atoms in total. The molecule has 1 saturated heterocycles. The molecule has 116 valence electrons. The van der Waals surface area contributed by atoms with Crippen LogP contribution in [0.3, 0.4) is 0 Å². The molecular weight excluding hydrogens is 330 g/mol. The Kier molecular flexibility index (Phi) is 4.12. The van der Waals surface area contributed by atoms with Gasteiger partial charge in [0.05, 0.1) is 17.2 Å². The first-order valence-electron chi connectivity index (χ1n) is 6.74. The predicted octanol–water partition coefficient (Wildman–Crippen LogP) is 3.41. The molecule has 3 rings (SSSR count). The average molecular weight is 343 g/mol. The van der Waals surface area contributed by atoms with Gasteiger partial charge in [0.15, 0.2) is 0 Å². The Morgan fingerprint density at radius 3 is 2.59 bits per heavy atom. The zero-order valence-corrected chi connectivity index (χ0v) is 12.9. The van der Waals surface area contributed by atoms with Gasteiger partial charge in [0.1, 0.15) is 16.7 Å². The molecule has 2 aromatic rings. The molecule has 2 atom stereocenters. The summed E-state index contributed by atoms with van der Waals surface area (Å²) in [6.07, 6.45) is -0.223. The van der Waals surface area contributed by atoms with Crippen LogP contribution in [0.15, 0.2) is 30.3 Å². The highest BCUT2D eigenvalue weighted by atomic mass is 35.5. The number of nitrogens with one attached hydrogen (secondary N) is 1. The van der Waals surface area contributed by atoms with Crippen molar-refractivity contribution in [2.45, 2.75) is 18.6 Å². The van der Waals surface area contributed by atoms with E-state index in [1.807, 2.05) is 0 Å². The van der Waals surface area contributed by atoms with Crippen molar-refractivity contribution < 1.29 is 14.3 Å². The number of aromatic amines is 1. The third kappa shape index (κ3) is 2.84. The summed E-state index contributed by atoms with van der Waals surface area (Å²) in [6.45, 7) is 0.204. The smallest absolute Gasteiger partial charge is 0.270 e. The Labute approximate surface area is 136 Å². The zero-order valence-electron chi connectivity index (χ0n) is 11.4. The first-order valence-corrected chi connectivity index (χ1v) is 7.50. The molecule has 22 heavy (non-hydrogen) atoms. The number of benzene rings is 1. The summed E-state index contributed by atoms with van der Waals surface area (Å²) in [5.41, 5.74) is 1.03. The minimum absolute atomic E-state index is 0.197. The maximum Gasteiger partial charge on any atom is 0.270 e. The summed E-state index contributed by atoms with van der Waals surface area (Å²) in [6, 6.07) is 7.05. The number of aromatic nitrogens is 1. The minimum Gasteiger partial charge on any atom is -0.391 e. The van der Waals surface area contributed by atoms with Gasteiger partial charge >= 0.3 is 0 Å². The number of nitrogens with zero attached hydrogens (tertiary/aromatic N) is 1. The second-order valence-electron chi connectivity index (χ2n) is 5.26. The van der Waals surface area contributed by atoms with E-state index in [4.69, 9.17) is 23.2 Å². The highest BCUT2D eigenvalue weighted by Gasteiger charge is 2.36. The van der Waals surface area contributed by atoms with Crippen LogP contribution in [-0.2, 0) is 0 Å². The normalized spacial score (nSPS) is 21.4. The lowest BCUT2D eigenvalue weighted by Gasteiger charge is -2.24. The molecule has 0 bridgehead atoms. The molecule has 0 radical (unpaired) electrons. The second kappa shape index (κ2) is 5.91. The molecule has 0 unspecified atom stereocenters. The van der Waals surface area contributed by atoms with Crippen molar-refractivity contribution in [1.29, 1.82) is 0 Å². The Balaban J connectivity index is 1.90. The molecule has 1 aliphatic rings. The van der Waals surface area contributed by atoms with E-state index in [0.717, 1.165) is 5.56 Å². The Morgan fingerprint density at radius 1 is 1.32 bits per heavy atom. The lowest BCUT2D eigenvalue weighted by Crippen LogP contribution is -2.32. The SMILES string of the molecule is O=C(c1cc(Cl)c(Cl)[nH]1)N1C[C@H](O)C[C@H]1c1ccc(F)cc1. The monoisotopic (exact) mass is 342 g/mol. The Hall–Kier alpha value is -1.56.